The monoisotopic (exact) mass is 237 g/mol. The maximum absolute atomic E-state index is 13.8. The third-order valence-electron chi connectivity index (χ3n) is 2.52. The van der Waals surface area contributed by atoms with Gasteiger partial charge in [-0.15, -0.1) is 0 Å². The lowest BCUT2D eigenvalue weighted by atomic mass is 10.0. The molecule has 0 fully saturated rings. The highest BCUT2D eigenvalue weighted by Crippen LogP contribution is 2.21. The van der Waals surface area contributed by atoms with Gasteiger partial charge in [0.1, 0.15) is 5.83 Å². The largest absolute Gasteiger partial charge is 0.261 e. The van der Waals surface area contributed by atoms with Crippen LogP contribution in [0, 0.1) is 0 Å². The quantitative estimate of drug-likeness (QED) is 0.435. The Morgan fingerprint density at radius 1 is 1.24 bits per heavy atom. The van der Waals surface area contributed by atoms with Gasteiger partial charge >= 0.3 is 0 Å². The lowest BCUT2D eigenvalue weighted by molar-refractivity contribution is 0.653. The van der Waals surface area contributed by atoms with E-state index in [2.05, 4.69) is 11.9 Å². The van der Waals surface area contributed by atoms with Crippen LogP contribution in [0.25, 0.3) is 0 Å². The van der Waals surface area contributed by atoms with Crippen LogP contribution in [0.2, 0.25) is 0 Å². The van der Waals surface area contributed by atoms with Gasteiger partial charge in [-0.3, -0.25) is 4.99 Å². The number of halogens is 1. The number of hydrogen-bond acceptors (Lipinski definition) is 1. The van der Waals surface area contributed by atoms with E-state index >= 15 is 0 Å². The van der Waals surface area contributed by atoms with E-state index in [1.54, 1.807) is 13.1 Å². The Balaban J connectivity index is 5.27. The summed E-state index contributed by atoms with van der Waals surface area (Å²) in [5.74, 6) is -0.179. The first kappa shape index (κ1) is 15.8. The predicted octanol–water partition coefficient (Wildman–Crippen LogP) is 5.36. The second kappa shape index (κ2) is 8.91. The lowest BCUT2D eigenvalue weighted by Gasteiger charge is -2.09. The highest BCUT2D eigenvalue weighted by molar-refractivity contribution is 6.02. The van der Waals surface area contributed by atoms with E-state index in [0.29, 0.717) is 5.57 Å². The van der Waals surface area contributed by atoms with Gasteiger partial charge in [-0.05, 0) is 33.6 Å². The maximum atomic E-state index is 13.8. The van der Waals surface area contributed by atoms with E-state index < -0.39 is 0 Å². The molecule has 0 saturated heterocycles. The summed E-state index contributed by atoms with van der Waals surface area (Å²) in [5, 5.41) is 0. The van der Waals surface area contributed by atoms with Crippen LogP contribution in [-0.4, -0.2) is 5.71 Å². The number of hydrogen-bond donors (Lipinski definition) is 0. The SMILES string of the molecule is C\C=C(F)/C(=C(/C)CCC)C(/C)=N/C=C/CC. The normalized spacial score (nSPS) is 15.4. The minimum atomic E-state index is -0.179. The summed E-state index contributed by atoms with van der Waals surface area (Å²) in [6.45, 7) is 9.69. The van der Waals surface area contributed by atoms with Crippen LogP contribution in [-0.2, 0) is 0 Å². The van der Waals surface area contributed by atoms with Gasteiger partial charge in [-0.25, -0.2) is 4.39 Å². The van der Waals surface area contributed by atoms with Gasteiger partial charge in [0.15, 0.2) is 0 Å². The molecule has 0 aromatic rings. The second-order valence-electron chi connectivity index (χ2n) is 4.05. The summed E-state index contributed by atoms with van der Waals surface area (Å²) in [6, 6.07) is 0. The Morgan fingerprint density at radius 3 is 2.35 bits per heavy atom. The molecular formula is C15H24FN. The Bertz CT molecular complexity index is 346. The van der Waals surface area contributed by atoms with Crippen LogP contribution in [0.15, 0.2) is 40.3 Å². The van der Waals surface area contributed by atoms with E-state index in [0.717, 1.165) is 30.5 Å². The fourth-order valence-corrected chi connectivity index (χ4v) is 1.66. The summed E-state index contributed by atoms with van der Waals surface area (Å²) >= 11 is 0. The maximum Gasteiger partial charge on any atom is 0.127 e. The van der Waals surface area contributed by atoms with Crippen LogP contribution in [0.3, 0.4) is 0 Å². The molecular weight excluding hydrogens is 213 g/mol. The summed E-state index contributed by atoms with van der Waals surface area (Å²) in [4.78, 5) is 4.28. The third kappa shape index (κ3) is 5.62. The van der Waals surface area contributed by atoms with Crippen LogP contribution in [0.1, 0.15) is 53.9 Å². The Labute approximate surface area is 105 Å². The van der Waals surface area contributed by atoms with Gasteiger partial charge in [0, 0.05) is 17.5 Å². The van der Waals surface area contributed by atoms with Crippen LogP contribution in [0.4, 0.5) is 4.39 Å². The molecule has 1 nitrogen and oxygen atoms in total. The first-order valence-corrected chi connectivity index (χ1v) is 6.30. The summed E-state index contributed by atoms with van der Waals surface area (Å²) in [7, 11) is 0. The molecule has 0 aromatic heterocycles. The number of aliphatic imine (C=N–C) groups is 1. The van der Waals surface area contributed by atoms with Crippen molar-refractivity contribution in [2.45, 2.75) is 53.9 Å². The molecule has 0 radical (unpaired) electrons. The topological polar surface area (TPSA) is 12.4 Å². The first-order valence-electron chi connectivity index (χ1n) is 6.30. The van der Waals surface area contributed by atoms with Gasteiger partial charge in [0.25, 0.3) is 0 Å². The van der Waals surface area contributed by atoms with E-state index in [4.69, 9.17) is 0 Å². The van der Waals surface area contributed by atoms with Crippen molar-refractivity contribution in [2.75, 3.05) is 0 Å². The lowest BCUT2D eigenvalue weighted by Crippen LogP contribution is -2.02. The van der Waals surface area contributed by atoms with Crippen molar-refractivity contribution in [3.63, 3.8) is 0 Å². The number of nitrogens with zero attached hydrogens (tertiary/aromatic N) is 1. The summed E-state index contributed by atoms with van der Waals surface area (Å²) < 4.78 is 13.8. The molecule has 0 bridgehead atoms. The fourth-order valence-electron chi connectivity index (χ4n) is 1.66. The van der Waals surface area contributed by atoms with E-state index in [1.165, 1.54) is 6.08 Å². The van der Waals surface area contributed by atoms with Crippen molar-refractivity contribution in [2.24, 2.45) is 4.99 Å². The first-order chi connectivity index (χ1) is 8.08. The Hall–Kier alpha value is -1.18. The average molecular weight is 237 g/mol. The van der Waals surface area contributed by atoms with Gasteiger partial charge in [-0.1, -0.05) is 38.0 Å². The fraction of sp³-hybridized carbons (Fsp3) is 0.533. The molecule has 0 spiro atoms. The van der Waals surface area contributed by atoms with E-state index in [9.17, 15) is 4.39 Å². The molecule has 0 atom stereocenters. The molecule has 0 aliphatic heterocycles. The van der Waals surface area contributed by atoms with E-state index in [-0.39, 0.29) is 5.83 Å². The highest BCUT2D eigenvalue weighted by atomic mass is 19.1. The van der Waals surface area contributed by atoms with Crippen molar-refractivity contribution >= 4 is 5.71 Å². The molecule has 0 aliphatic carbocycles. The van der Waals surface area contributed by atoms with Crippen molar-refractivity contribution < 1.29 is 4.39 Å². The van der Waals surface area contributed by atoms with Gasteiger partial charge in [-0.2, -0.15) is 0 Å². The molecule has 0 N–H and O–H groups in total. The Kier molecular flexibility index (Phi) is 8.29. The van der Waals surface area contributed by atoms with Crippen molar-refractivity contribution in [3.8, 4) is 0 Å². The van der Waals surface area contributed by atoms with Gasteiger partial charge in [0.05, 0.1) is 0 Å². The highest BCUT2D eigenvalue weighted by Gasteiger charge is 2.10. The zero-order valence-electron chi connectivity index (χ0n) is 11.7. The van der Waals surface area contributed by atoms with Crippen LogP contribution < -0.4 is 0 Å². The molecule has 0 unspecified atom stereocenters. The summed E-state index contributed by atoms with van der Waals surface area (Å²) in [5.41, 5.74) is 2.47. The molecule has 0 aromatic carbocycles. The molecule has 2 heteroatoms. The molecule has 17 heavy (non-hydrogen) atoms. The van der Waals surface area contributed by atoms with Gasteiger partial charge < -0.3 is 0 Å². The Morgan fingerprint density at radius 2 is 1.88 bits per heavy atom. The number of allylic oxidation sites excluding steroid dienone is 5. The van der Waals surface area contributed by atoms with Crippen molar-refractivity contribution in [3.05, 3.63) is 35.3 Å². The number of rotatable bonds is 6. The van der Waals surface area contributed by atoms with Crippen molar-refractivity contribution in [1.82, 2.24) is 0 Å². The minimum absolute atomic E-state index is 0.179. The molecule has 0 aliphatic rings. The van der Waals surface area contributed by atoms with Gasteiger partial charge in [0.2, 0.25) is 0 Å². The predicted molar refractivity (Wildman–Crippen MR) is 75.0 cm³/mol. The molecule has 0 amide bonds. The third-order valence-corrected chi connectivity index (χ3v) is 2.52. The molecule has 0 rings (SSSR count). The van der Waals surface area contributed by atoms with Crippen molar-refractivity contribution in [1.29, 1.82) is 0 Å². The minimum Gasteiger partial charge on any atom is -0.261 e. The molecule has 0 heterocycles. The van der Waals surface area contributed by atoms with E-state index in [1.807, 2.05) is 26.8 Å². The smallest absolute Gasteiger partial charge is 0.127 e. The zero-order chi connectivity index (χ0) is 13.3. The second-order valence-corrected chi connectivity index (χ2v) is 4.05. The van der Waals surface area contributed by atoms with Crippen LogP contribution >= 0.6 is 0 Å². The average Bonchev–Trinajstić information content (AvgIpc) is 2.29. The molecule has 0 saturated carbocycles. The molecule has 96 valence electrons. The standard InChI is InChI=1S/C15H24FN/c1-6-9-11-17-13(5)15(14(16)8-3)12(4)10-7-2/h8-9,11H,6-7,10H2,1-5H3/b11-9+,14-8+,15-12-,17-13+. The zero-order valence-corrected chi connectivity index (χ0v) is 11.7. The summed E-state index contributed by atoms with van der Waals surface area (Å²) in [6.07, 6.45) is 8.07. The van der Waals surface area contributed by atoms with Crippen LogP contribution in [0.5, 0.6) is 0 Å².